The normalized spacial score (nSPS) is 22.6. The first-order valence-corrected chi connectivity index (χ1v) is 7.64. The number of methoxy groups -OCH3 is 1. The first-order chi connectivity index (χ1) is 10.2. The predicted octanol–water partition coefficient (Wildman–Crippen LogP) is 3.31. The second-order valence-electron chi connectivity index (χ2n) is 5.76. The third kappa shape index (κ3) is 3.94. The first-order valence-electron chi connectivity index (χ1n) is 7.64. The van der Waals surface area contributed by atoms with Crippen LogP contribution in [0.1, 0.15) is 37.7 Å². The van der Waals surface area contributed by atoms with E-state index in [1.165, 1.54) is 39.2 Å². The molecule has 1 saturated carbocycles. The van der Waals surface area contributed by atoms with Gasteiger partial charge in [-0.05, 0) is 43.9 Å². The molecule has 5 heteroatoms. The Labute approximate surface area is 125 Å². The van der Waals surface area contributed by atoms with Crippen LogP contribution in [-0.4, -0.2) is 25.1 Å². The zero-order valence-corrected chi connectivity index (χ0v) is 12.8. The molecule has 1 aliphatic rings. The van der Waals surface area contributed by atoms with Gasteiger partial charge in [-0.3, -0.25) is 10.1 Å². The number of hydrogen-bond donors (Lipinski definition) is 1. The molecule has 116 valence electrons. The number of hydrogen-bond acceptors (Lipinski definition) is 4. The highest BCUT2D eigenvalue weighted by atomic mass is 16.6. The van der Waals surface area contributed by atoms with E-state index in [2.05, 4.69) is 5.32 Å². The fraction of sp³-hybridized carbons (Fsp3) is 0.625. The van der Waals surface area contributed by atoms with E-state index in [0.717, 1.165) is 12.0 Å². The second-order valence-corrected chi connectivity index (χ2v) is 5.76. The van der Waals surface area contributed by atoms with Crippen LogP contribution in [0.4, 0.5) is 5.69 Å². The van der Waals surface area contributed by atoms with E-state index < -0.39 is 0 Å². The summed E-state index contributed by atoms with van der Waals surface area (Å²) in [7, 11) is 3.48. The standard InChI is InChI=1S/C16H24N2O3/c1-17-14-7-5-3-4-6-13(14)10-12-8-9-16(21-2)15(11-12)18(19)20/h8-9,11,13-14,17H,3-7,10H2,1-2H3. The minimum Gasteiger partial charge on any atom is -0.490 e. The van der Waals surface area contributed by atoms with Crippen molar-refractivity contribution in [1.29, 1.82) is 0 Å². The van der Waals surface area contributed by atoms with E-state index in [9.17, 15) is 10.1 Å². The van der Waals surface area contributed by atoms with E-state index >= 15 is 0 Å². The van der Waals surface area contributed by atoms with Gasteiger partial charge in [0.25, 0.3) is 0 Å². The summed E-state index contributed by atoms with van der Waals surface area (Å²) < 4.78 is 5.06. The van der Waals surface area contributed by atoms with Crippen LogP contribution < -0.4 is 10.1 Å². The molecule has 0 heterocycles. The highest BCUT2D eigenvalue weighted by molar-refractivity contribution is 5.48. The summed E-state index contributed by atoms with van der Waals surface area (Å²) in [5.74, 6) is 0.875. The van der Waals surface area contributed by atoms with Crippen molar-refractivity contribution in [2.75, 3.05) is 14.2 Å². The molecule has 0 radical (unpaired) electrons. The maximum atomic E-state index is 11.1. The molecule has 1 N–H and O–H groups in total. The molecule has 0 saturated heterocycles. The average Bonchev–Trinajstić information content (AvgIpc) is 2.72. The van der Waals surface area contributed by atoms with Crippen LogP contribution in [0.25, 0.3) is 0 Å². The van der Waals surface area contributed by atoms with Crippen LogP contribution in [0.3, 0.4) is 0 Å². The molecule has 2 rings (SSSR count). The predicted molar refractivity (Wildman–Crippen MR) is 82.8 cm³/mol. The summed E-state index contributed by atoms with van der Waals surface area (Å²) >= 11 is 0. The molecule has 0 aromatic heterocycles. The van der Waals surface area contributed by atoms with Gasteiger partial charge in [-0.1, -0.05) is 25.3 Å². The Morgan fingerprint density at radius 3 is 2.76 bits per heavy atom. The van der Waals surface area contributed by atoms with E-state index in [1.807, 2.05) is 13.1 Å². The Morgan fingerprint density at radius 1 is 1.33 bits per heavy atom. The molecule has 1 fully saturated rings. The molecule has 1 aromatic rings. The van der Waals surface area contributed by atoms with Crippen LogP contribution >= 0.6 is 0 Å². The van der Waals surface area contributed by atoms with Gasteiger partial charge in [-0.25, -0.2) is 0 Å². The van der Waals surface area contributed by atoms with Gasteiger partial charge in [-0.2, -0.15) is 0 Å². The SMILES string of the molecule is CNC1CCCCCC1Cc1ccc(OC)c([N+](=O)[O-])c1. The molecule has 2 unspecified atom stereocenters. The number of benzene rings is 1. The Bertz CT molecular complexity index is 490. The largest absolute Gasteiger partial charge is 0.490 e. The molecule has 21 heavy (non-hydrogen) atoms. The van der Waals surface area contributed by atoms with Gasteiger partial charge in [0.1, 0.15) is 0 Å². The topological polar surface area (TPSA) is 64.4 Å². The fourth-order valence-electron chi connectivity index (χ4n) is 3.32. The lowest BCUT2D eigenvalue weighted by Gasteiger charge is -2.24. The number of nitro benzene ring substituents is 1. The van der Waals surface area contributed by atoms with Crippen molar-refractivity contribution in [3.05, 3.63) is 33.9 Å². The molecule has 0 bridgehead atoms. The summed E-state index contributed by atoms with van der Waals surface area (Å²) in [6.45, 7) is 0. The molecule has 2 atom stereocenters. The van der Waals surface area contributed by atoms with Gasteiger partial charge in [0.2, 0.25) is 0 Å². The number of nitrogens with one attached hydrogen (secondary N) is 1. The lowest BCUT2D eigenvalue weighted by Crippen LogP contribution is -2.33. The van der Waals surface area contributed by atoms with Crippen molar-refractivity contribution in [2.45, 2.75) is 44.6 Å². The van der Waals surface area contributed by atoms with Crippen molar-refractivity contribution >= 4 is 5.69 Å². The van der Waals surface area contributed by atoms with E-state index in [-0.39, 0.29) is 10.6 Å². The van der Waals surface area contributed by atoms with Crippen LogP contribution in [0.2, 0.25) is 0 Å². The van der Waals surface area contributed by atoms with Crippen molar-refractivity contribution in [3.8, 4) is 5.75 Å². The Morgan fingerprint density at radius 2 is 2.10 bits per heavy atom. The Balaban J connectivity index is 2.17. The molecule has 0 spiro atoms. The average molecular weight is 292 g/mol. The lowest BCUT2D eigenvalue weighted by atomic mass is 9.88. The summed E-state index contributed by atoms with van der Waals surface area (Å²) in [5.41, 5.74) is 1.08. The highest BCUT2D eigenvalue weighted by Crippen LogP contribution is 2.31. The molecule has 0 aliphatic heterocycles. The van der Waals surface area contributed by atoms with Gasteiger partial charge in [0.15, 0.2) is 5.75 Å². The van der Waals surface area contributed by atoms with Gasteiger partial charge in [0.05, 0.1) is 12.0 Å². The van der Waals surface area contributed by atoms with Crippen LogP contribution in [-0.2, 0) is 6.42 Å². The van der Waals surface area contributed by atoms with E-state index in [1.54, 1.807) is 12.1 Å². The van der Waals surface area contributed by atoms with Gasteiger partial charge in [0, 0.05) is 12.1 Å². The quantitative estimate of drug-likeness (QED) is 0.513. The summed E-state index contributed by atoms with van der Waals surface area (Å²) in [6.07, 6.45) is 7.07. The van der Waals surface area contributed by atoms with Crippen molar-refractivity contribution < 1.29 is 9.66 Å². The number of rotatable bonds is 5. The van der Waals surface area contributed by atoms with Crippen LogP contribution in [0, 0.1) is 16.0 Å². The highest BCUT2D eigenvalue weighted by Gasteiger charge is 2.24. The monoisotopic (exact) mass is 292 g/mol. The third-order valence-electron chi connectivity index (χ3n) is 4.47. The molecular weight excluding hydrogens is 268 g/mol. The zero-order valence-electron chi connectivity index (χ0n) is 12.8. The fourth-order valence-corrected chi connectivity index (χ4v) is 3.32. The maximum Gasteiger partial charge on any atom is 0.311 e. The van der Waals surface area contributed by atoms with E-state index in [0.29, 0.717) is 17.7 Å². The molecule has 1 aromatic carbocycles. The minimum atomic E-state index is -0.370. The summed E-state index contributed by atoms with van der Waals surface area (Å²) in [4.78, 5) is 10.7. The second kappa shape index (κ2) is 7.41. The molecule has 1 aliphatic carbocycles. The maximum absolute atomic E-state index is 11.1. The van der Waals surface area contributed by atoms with E-state index in [4.69, 9.17) is 4.74 Å². The molecule has 0 amide bonds. The third-order valence-corrected chi connectivity index (χ3v) is 4.47. The van der Waals surface area contributed by atoms with Crippen molar-refractivity contribution in [3.63, 3.8) is 0 Å². The minimum absolute atomic E-state index is 0.0598. The Kier molecular flexibility index (Phi) is 5.56. The number of ether oxygens (including phenoxy) is 1. The van der Waals surface area contributed by atoms with Crippen LogP contribution in [0.15, 0.2) is 18.2 Å². The molecule has 5 nitrogen and oxygen atoms in total. The van der Waals surface area contributed by atoms with Gasteiger partial charge in [-0.15, -0.1) is 0 Å². The van der Waals surface area contributed by atoms with Gasteiger partial charge < -0.3 is 10.1 Å². The molecular formula is C16H24N2O3. The van der Waals surface area contributed by atoms with Gasteiger partial charge >= 0.3 is 5.69 Å². The number of nitrogens with zero attached hydrogens (tertiary/aromatic N) is 1. The summed E-state index contributed by atoms with van der Waals surface area (Å²) in [6, 6.07) is 5.83. The first kappa shape index (κ1) is 15.8. The Hall–Kier alpha value is -1.62. The smallest absolute Gasteiger partial charge is 0.311 e. The lowest BCUT2D eigenvalue weighted by molar-refractivity contribution is -0.385. The number of nitro groups is 1. The van der Waals surface area contributed by atoms with Crippen LogP contribution in [0.5, 0.6) is 5.75 Å². The zero-order chi connectivity index (χ0) is 15.2. The van der Waals surface area contributed by atoms with Crippen molar-refractivity contribution in [1.82, 2.24) is 5.32 Å². The van der Waals surface area contributed by atoms with Crippen molar-refractivity contribution in [2.24, 2.45) is 5.92 Å². The summed E-state index contributed by atoms with van der Waals surface area (Å²) in [5, 5.41) is 14.5.